The highest BCUT2D eigenvalue weighted by Crippen LogP contribution is 2.30. The van der Waals surface area contributed by atoms with Gasteiger partial charge in [0.25, 0.3) is 0 Å². The van der Waals surface area contributed by atoms with Crippen molar-refractivity contribution in [3.63, 3.8) is 0 Å². The lowest BCUT2D eigenvalue weighted by Crippen LogP contribution is -2.07. The predicted molar refractivity (Wildman–Crippen MR) is 69.9 cm³/mol. The lowest BCUT2D eigenvalue weighted by molar-refractivity contribution is 0.0521. The quantitative estimate of drug-likeness (QED) is 0.863. The molecule has 0 aliphatic heterocycles. The van der Waals surface area contributed by atoms with Crippen LogP contribution in [0.2, 0.25) is 0 Å². The molecule has 8 heteroatoms. The van der Waals surface area contributed by atoms with Crippen molar-refractivity contribution in [2.75, 3.05) is 12.3 Å². The molecule has 0 spiro atoms. The standard InChI is InChI=1S/C12H9BrF2N2O3/c1-2-19-12(18)9-10(16)20-11(17-9)8-6(14)3-5(13)4-7(8)15/h3-4H,2,16H2,1H3. The molecule has 2 rings (SSSR count). The van der Waals surface area contributed by atoms with Crippen LogP contribution in [0.1, 0.15) is 17.4 Å². The van der Waals surface area contributed by atoms with Crippen LogP contribution >= 0.6 is 15.9 Å². The smallest absolute Gasteiger partial charge is 0.362 e. The first-order valence-corrected chi connectivity index (χ1v) is 6.31. The molecule has 106 valence electrons. The molecule has 2 aromatic rings. The van der Waals surface area contributed by atoms with E-state index in [2.05, 4.69) is 20.9 Å². The third-order valence-corrected chi connectivity index (χ3v) is 2.80. The van der Waals surface area contributed by atoms with E-state index in [1.54, 1.807) is 6.92 Å². The highest BCUT2D eigenvalue weighted by molar-refractivity contribution is 9.10. The van der Waals surface area contributed by atoms with Crippen molar-refractivity contribution >= 4 is 27.8 Å². The van der Waals surface area contributed by atoms with E-state index in [9.17, 15) is 13.6 Å². The summed E-state index contributed by atoms with van der Waals surface area (Å²) < 4.78 is 37.4. The number of hydrogen-bond donors (Lipinski definition) is 1. The summed E-state index contributed by atoms with van der Waals surface area (Å²) in [6.45, 7) is 1.71. The SMILES string of the molecule is CCOC(=O)c1nc(-c2c(F)cc(Br)cc2F)oc1N. The van der Waals surface area contributed by atoms with E-state index in [1.165, 1.54) is 0 Å². The van der Waals surface area contributed by atoms with Crippen molar-refractivity contribution in [1.29, 1.82) is 0 Å². The van der Waals surface area contributed by atoms with Crippen molar-refractivity contribution in [2.24, 2.45) is 0 Å². The molecule has 0 saturated carbocycles. The van der Waals surface area contributed by atoms with Crippen molar-refractivity contribution < 1.29 is 22.7 Å². The number of nitrogens with zero attached hydrogens (tertiary/aromatic N) is 1. The summed E-state index contributed by atoms with van der Waals surface area (Å²) in [4.78, 5) is 15.2. The fraction of sp³-hybridized carbons (Fsp3) is 0.167. The Labute approximate surface area is 120 Å². The number of anilines is 1. The number of oxazole rings is 1. The van der Waals surface area contributed by atoms with E-state index < -0.39 is 29.1 Å². The predicted octanol–water partition coefficient (Wildman–Crippen LogP) is 3.14. The zero-order valence-electron chi connectivity index (χ0n) is 10.2. The second kappa shape index (κ2) is 5.58. The molecule has 1 aromatic heterocycles. The van der Waals surface area contributed by atoms with Crippen molar-refractivity contribution in [3.05, 3.63) is 33.9 Å². The number of rotatable bonds is 3. The second-order valence-electron chi connectivity index (χ2n) is 3.70. The largest absolute Gasteiger partial charge is 0.461 e. The molecule has 2 N–H and O–H groups in total. The topological polar surface area (TPSA) is 78.3 Å². The van der Waals surface area contributed by atoms with Crippen molar-refractivity contribution in [3.8, 4) is 11.5 Å². The normalized spacial score (nSPS) is 10.6. The first-order chi connectivity index (χ1) is 9.43. The molecule has 0 bridgehead atoms. The Hall–Kier alpha value is -1.96. The molecule has 0 atom stereocenters. The van der Waals surface area contributed by atoms with Gasteiger partial charge in [0.15, 0.2) is 0 Å². The van der Waals surface area contributed by atoms with Gasteiger partial charge in [-0.05, 0) is 19.1 Å². The minimum atomic E-state index is -0.895. The zero-order valence-corrected chi connectivity index (χ0v) is 11.8. The Kier molecular flexibility index (Phi) is 4.03. The van der Waals surface area contributed by atoms with Gasteiger partial charge >= 0.3 is 5.97 Å². The average molecular weight is 347 g/mol. The molecule has 0 unspecified atom stereocenters. The minimum absolute atomic E-state index is 0.113. The highest BCUT2D eigenvalue weighted by atomic mass is 79.9. The van der Waals surface area contributed by atoms with Gasteiger partial charge in [-0.1, -0.05) is 15.9 Å². The molecular weight excluding hydrogens is 338 g/mol. The van der Waals surface area contributed by atoms with Gasteiger partial charge < -0.3 is 14.9 Å². The van der Waals surface area contributed by atoms with Crippen LogP contribution < -0.4 is 5.73 Å². The molecule has 0 fully saturated rings. The molecule has 1 aromatic carbocycles. The van der Waals surface area contributed by atoms with Gasteiger partial charge in [0.1, 0.15) is 17.2 Å². The molecule has 0 saturated heterocycles. The van der Waals surface area contributed by atoms with Gasteiger partial charge in [0.05, 0.1) is 6.61 Å². The number of ether oxygens (including phenoxy) is 1. The van der Waals surface area contributed by atoms with Gasteiger partial charge in [-0.3, -0.25) is 0 Å². The molecule has 5 nitrogen and oxygen atoms in total. The number of esters is 1. The fourth-order valence-corrected chi connectivity index (χ4v) is 1.93. The second-order valence-corrected chi connectivity index (χ2v) is 4.61. The zero-order chi connectivity index (χ0) is 14.9. The summed E-state index contributed by atoms with van der Waals surface area (Å²) in [6.07, 6.45) is 0. The number of benzene rings is 1. The molecular formula is C12H9BrF2N2O3. The third-order valence-electron chi connectivity index (χ3n) is 2.34. The van der Waals surface area contributed by atoms with Gasteiger partial charge in [-0.2, -0.15) is 4.98 Å². The lowest BCUT2D eigenvalue weighted by atomic mass is 10.2. The Morgan fingerprint density at radius 2 is 2.05 bits per heavy atom. The molecule has 20 heavy (non-hydrogen) atoms. The Morgan fingerprint density at radius 1 is 1.45 bits per heavy atom. The van der Waals surface area contributed by atoms with Crippen LogP contribution in [-0.2, 0) is 4.74 Å². The average Bonchev–Trinajstić information content (AvgIpc) is 2.70. The number of nitrogen functional groups attached to an aromatic ring is 1. The third kappa shape index (κ3) is 2.64. The number of hydrogen-bond acceptors (Lipinski definition) is 5. The van der Waals surface area contributed by atoms with Crippen molar-refractivity contribution in [2.45, 2.75) is 6.92 Å². The van der Waals surface area contributed by atoms with Crippen LogP contribution in [0, 0.1) is 11.6 Å². The van der Waals surface area contributed by atoms with Gasteiger partial charge in [0.2, 0.25) is 17.5 Å². The van der Waals surface area contributed by atoms with Gasteiger partial charge in [-0.25, -0.2) is 13.6 Å². The summed E-state index contributed by atoms with van der Waals surface area (Å²) in [5, 5.41) is 0. The number of halogens is 3. The summed E-state index contributed by atoms with van der Waals surface area (Å²) in [5.74, 6) is -3.40. The van der Waals surface area contributed by atoms with E-state index in [-0.39, 0.29) is 22.7 Å². The summed E-state index contributed by atoms with van der Waals surface area (Å²) in [6, 6.07) is 2.09. The van der Waals surface area contributed by atoms with E-state index in [1.807, 2.05) is 0 Å². The molecule has 0 radical (unpaired) electrons. The van der Waals surface area contributed by atoms with Crippen LogP contribution in [-0.4, -0.2) is 17.6 Å². The lowest BCUT2D eigenvalue weighted by Gasteiger charge is -2.01. The van der Waals surface area contributed by atoms with Crippen LogP contribution in [0.4, 0.5) is 14.7 Å². The Balaban J connectivity index is 2.50. The van der Waals surface area contributed by atoms with Crippen LogP contribution in [0.5, 0.6) is 0 Å². The van der Waals surface area contributed by atoms with Crippen LogP contribution in [0.15, 0.2) is 21.0 Å². The Morgan fingerprint density at radius 3 is 2.60 bits per heavy atom. The van der Waals surface area contributed by atoms with Crippen molar-refractivity contribution in [1.82, 2.24) is 4.98 Å². The molecule has 0 aliphatic rings. The van der Waals surface area contributed by atoms with Crippen LogP contribution in [0.3, 0.4) is 0 Å². The summed E-state index contributed by atoms with van der Waals surface area (Å²) >= 11 is 2.95. The number of nitrogens with two attached hydrogens (primary N) is 1. The van der Waals surface area contributed by atoms with E-state index in [0.29, 0.717) is 0 Å². The maximum Gasteiger partial charge on any atom is 0.362 e. The number of aromatic nitrogens is 1. The summed E-state index contributed by atoms with van der Waals surface area (Å²) in [5.41, 5.74) is 4.64. The van der Waals surface area contributed by atoms with Gasteiger partial charge in [0, 0.05) is 4.47 Å². The van der Waals surface area contributed by atoms with Gasteiger partial charge in [-0.15, -0.1) is 0 Å². The molecule has 0 aliphatic carbocycles. The minimum Gasteiger partial charge on any atom is -0.461 e. The summed E-state index contributed by atoms with van der Waals surface area (Å²) in [7, 11) is 0. The van der Waals surface area contributed by atoms with E-state index >= 15 is 0 Å². The molecule has 0 amide bonds. The first-order valence-electron chi connectivity index (χ1n) is 5.52. The molecule has 1 heterocycles. The first kappa shape index (κ1) is 14.4. The van der Waals surface area contributed by atoms with Crippen LogP contribution in [0.25, 0.3) is 11.5 Å². The van der Waals surface area contributed by atoms with E-state index in [0.717, 1.165) is 12.1 Å². The number of carbonyl (C=O) groups is 1. The van der Waals surface area contributed by atoms with E-state index in [4.69, 9.17) is 14.9 Å². The number of carbonyl (C=O) groups excluding carboxylic acids is 1. The highest BCUT2D eigenvalue weighted by Gasteiger charge is 2.24. The fourth-order valence-electron chi connectivity index (χ4n) is 1.53. The maximum atomic E-state index is 13.8. The Bertz CT molecular complexity index is 650. The monoisotopic (exact) mass is 346 g/mol. The maximum absolute atomic E-state index is 13.8.